The van der Waals surface area contributed by atoms with Crippen LogP contribution in [0.1, 0.15) is 72.5 Å². The average molecular weight is 614 g/mol. The number of aliphatic carboxylic acids is 1. The van der Waals surface area contributed by atoms with Gasteiger partial charge in [-0.3, -0.25) is 9.69 Å². The van der Waals surface area contributed by atoms with E-state index in [0.717, 1.165) is 18.4 Å². The maximum atomic E-state index is 15.3. The molecule has 3 atom stereocenters. The number of carboxylic acid groups (broad SMARTS) is 1. The average Bonchev–Trinajstić information content (AvgIpc) is 3.67. The van der Waals surface area contributed by atoms with Crippen molar-refractivity contribution in [3.63, 3.8) is 0 Å². The molecule has 0 unspecified atom stereocenters. The second-order valence-corrected chi connectivity index (χ2v) is 12.3. The Morgan fingerprint density at radius 2 is 1.66 bits per heavy atom. The summed E-state index contributed by atoms with van der Waals surface area (Å²) in [6.07, 6.45) is 0.976. The minimum atomic E-state index is -2.61. The third kappa shape index (κ3) is 6.62. The standard InChI is InChI=1S/C30H33Cl2F3N2O4/c1-16-4-9-37(26(16)30(39)40)29(38)23-13-22(18-2-3-18)25(14-24(23)33)41-15-17-5-7-36(8-6-17)27(28(34)35)19-10-20(31)12-21(32)11-19/h10-14,16-18,26-28H,2-9,15H2,1H3,(H,39,40)/t16-,26-,27-/m0/s1. The van der Waals surface area contributed by atoms with Crippen LogP contribution in [-0.2, 0) is 4.79 Å². The molecule has 2 aromatic carbocycles. The lowest BCUT2D eigenvalue weighted by Gasteiger charge is -2.37. The molecule has 0 radical (unpaired) electrons. The molecule has 1 amide bonds. The van der Waals surface area contributed by atoms with Crippen LogP contribution < -0.4 is 4.74 Å². The zero-order valence-electron chi connectivity index (χ0n) is 22.7. The molecule has 3 fully saturated rings. The number of benzene rings is 2. The second-order valence-electron chi connectivity index (χ2n) is 11.5. The number of likely N-dealkylation sites (tertiary alicyclic amines) is 2. The fraction of sp³-hybridized carbons (Fsp3) is 0.533. The van der Waals surface area contributed by atoms with Crippen molar-refractivity contribution in [2.24, 2.45) is 11.8 Å². The molecule has 0 aromatic heterocycles. The van der Waals surface area contributed by atoms with E-state index in [-0.39, 0.29) is 29.9 Å². The molecule has 0 spiro atoms. The van der Waals surface area contributed by atoms with Crippen LogP contribution in [0.25, 0.3) is 0 Å². The summed E-state index contributed by atoms with van der Waals surface area (Å²) in [6.45, 7) is 3.21. The number of halogens is 5. The fourth-order valence-corrected chi connectivity index (χ4v) is 6.69. The Balaban J connectivity index is 1.25. The number of ether oxygens (including phenoxy) is 1. The molecule has 1 N–H and O–H groups in total. The summed E-state index contributed by atoms with van der Waals surface area (Å²) in [5.41, 5.74) is 0.999. The second kappa shape index (κ2) is 12.4. The number of amides is 1. The Kier molecular flexibility index (Phi) is 9.07. The van der Waals surface area contributed by atoms with E-state index in [2.05, 4.69) is 0 Å². The van der Waals surface area contributed by atoms with E-state index in [4.69, 9.17) is 27.9 Å². The van der Waals surface area contributed by atoms with Crippen LogP contribution in [-0.4, -0.2) is 65.5 Å². The van der Waals surface area contributed by atoms with Crippen LogP contribution in [0, 0.1) is 17.7 Å². The quantitative estimate of drug-likeness (QED) is 0.329. The third-order valence-electron chi connectivity index (χ3n) is 8.54. The van der Waals surface area contributed by atoms with Gasteiger partial charge in [0.15, 0.2) is 0 Å². The number of piperidine rings is 1. The van der Waals surface area contributed by atoms with Crippen molar-refractivity contribution < 1.29 is 32.6 Å². The lowest BCUT2D eigenvalue weighted by Crippen LogP contribution is -2.43. The topological polar surface area (TPSA) is 70.1 Å². The number of carbonyl (C=O) groups is 2. The molecule has 1 aliphatic carbocycles. The monoisotopic (exact) mass is 612 g/mol. The normalized spacial score (nSPS) is 22.8. The first kappa shape index (κ1) is 30.0. The van der Waals surface area contributed by atoms with Crippen molar-refractivity contribution in [2.45, 2.75) is 63.5 Å². The van der Waals surface area contributed by atoms with Crippen molar-refractivity contribution in [1.82, 2.24) is 9.80 Å². The van der Waals surface area contributed by atoms with E-state index >= 15 is 4.39 Å². The number of alkyl halides is 2. The van der Waals surface area contributed by atoms with Crippen molar-refractivity contribution in [1.29, 1.82) is 0 Å². The molecule has 2 saturated heterocycles. The van der Waals surface area contributed by atoms with Crippen molar-refractivity contribution in [3.8, 4) is 5.75 Å². The van der Waals surface area contributed by atoms with Crippen LogP contribution >= 0.6 is 23.2 Å². The van der Waals surface area contributed by atoms with Crippen LogP contribution in [0.2, 0.25) is 10.0 Å². The molecule has 11 heteroatoms. The highest BCUT2D eigenvalue weighted by Gasteiger charge is 2.41. The molecule has 6 nitrogen and oxygen atoms in total. The van der Waals surface area contributed by atoms with Crippen molar-refractivity contribution >= 4 is 35.1 Å². The van der Waals surface area contributed by atoms with Crippen molar-refractivity contribution in [2.75, 3.05) is 26.2 Å². The predicted octanol–water partition coefficient (Wildman–Crippen LogP) is 7.04. The summed E-state index contributed by atoms with van der Waals surface area (Å²) in [7, 11) is 0. The first-order valence-electron chi connectivity index (χ1n) is 14.0. The summed E-state index contributed by atoms with van der Waals surface area (Å²) < 4.78 is 49.5. The summed E-state index contributed by atoms with van der Waals surface area (Å²) in [5.74, 6) is -2.03. The van der Waals surface area contributed by atoms with Gasteiger partial charge in [0, 0.05) is 22.7 Å². The minimum absolute atomic E-state index is 0.0892. The van der Waals surface area contributed by atoms with Gasteiger partial charge < -0.3 is 14.7 Å². The van der Waals surface area contributed by atoms with Crippen LogP contribution in [0.5, 0.6) is 5.75 Å². The molecule has 2 aliphatic heterocycles. The number of hydrogen-bond donors (Lipinski definition) is 1. The molecule has 3 aliphatic rings. The number of hydrogen-bond acceptors (Lipinski definition) is 4. The van der Waals surface area contributed by atoms with Crippen LogP contribution in [0.15, 0.2) is 30.3 Å². The highest BCUT2D eigenvalue weighted by Crippen LogP contribution is 2.46. The van der Waals surface area contributed by atoms with Crippen LogP contribution in [0.4, 0.5) is 13.2 Å². The van der Waals surface area contributed by atoms with Gasteiger partial charge in [0.05, 0.1) is 18.2 Å². The number of rotatable bonds is 9. The summed E-state index contributed by atoms with van der Waals surface area (Å²) in [4.78, 5) is 28.0. The molecule has 41 heavy (non-hydrogen) atoms. The zero-order chi connectivity index (χ0) is 29.4. The first-order valence-corrected chi connectivity index (χ1v) is 14.8. The molecule has 5 rings (SSSR count). The Labute approximate surface area is 247 Å². The minimum Gasteiger partial charge on any atom is -0.493 e. The maximum Gasteiger partial charge on any atom is 0.326 e. The Hall–Kier alpha value is -2.49. The van der Waals surface area contributed by atoms with E-state index in [9.17, 15) is 23.5 Å². The first-order chi connectivity index (χ1) is 19.5. The van der Waals surface area contributed by atoms with Gasteiger partial charge in [0.25, 0.3) is 12.3 Å². The molecule has 2 heterocycles. The third-order valence-corrected chi connectivity index (χ3v) is 8.98. The molecule has 0 bridgehead atoms. The lowest BCUT2D eigenvalue weighted by atomic mass is 9.94. The van der Waals surface area contributed by atoms with Gasteiger partial charge in [-0.2, -0.15) is 0 Å². The molecular weight excluding hydrogens is 580 g/mol. The number of carbonyl (C=O) groups excluding carboxylic acids is 1. The highest BCUT2D eigenvalue weighted by atomic mass is 35.5. The van der Waals surface area contributed by atoms with Gasteiger partial charge in [-0.15, -0.1) is 0 Å². The highest BCUT2D eigenvalue weighted by molar-refractivity contribution is 6.34. The zero-order valence-corrected chi connectivity index (χ0v) is 24.2. The Bertz CT molecular complexity index is 1280. The van der Waals surface area contributed by atoms with Gasteiger partial charge >= 0.3 is 5.97 Å². The summed E-state index contributed by atoms with van der Waals surface area (Å²) >= 11 is 12.1. The van der Waals surface area contributed by atoms with E-state index in [1.165, 1.54) is 35.2 Å². The summed E-state index contributed by atoms with van der Waals surface area (Å²) in [6, 6.07) is 5.22. The van der Waals surface area contributed by atoms with Gasteiger partial charge in [-0.1, -0.05) is 30.1 Å². The molecule has 1 saturated carbocycles. The lowest BCUT2D eigenvalue weighted by molar-refractivity contribution is -0.142. The number of carboxylic acids is 1. The largest absolute Gasteiger partial charge is 0.493 e. The fourth-order valence-electron chi connectivity index (χ4n) is 6.15. The maximum absolute atomic E-state index is 15.3. The van der Waals surface area contributed by atoms with E-state index in [1.807, 2.05) is 0 Å². The molecule has 2 aromatic rings. The molecular formula is C30H33Cl2F3N2O4. The summed E-state index contributed by atoms with van der Waals surface area (Å²) in [5, 5.41) is 10.2. The van der Waals surface area contributed by atoms with Gasteiger partial charge in [0.2, 0.25) is 0 Å². The Morgan fingerprint density at radius 3 is 2.24 bits per heavy atom. The smallest absolute Gasteiger partial charge is 0.326 e. The van der Waals surface area contributed by atoms with E-state index in [1.54, 1.807) is 11.8 Å². The van der Waals surface area contributed by atoms with Gasteiger partial charge in [0.1, 0.15) is 17.6 Å². The predicted molar refractivity (Wildman–Crippen MR) is 150 cm³/mol. The number of nitrogens with zero attached hydrogens (tertiary/aromatic N) is 2. The SMILES string of the molecule is C[C@H]1CCN(C(=O)c2cc(C3CC3)c(OCC3CCN([C@@H](c4cc(Cl)cc(Cl)c4)C(F)F)CC3)cc2F)[C@@H]1C(=O)O. The van der Waals surface area contributed by atoms with E-state index < -0.39 is 36.2 Å². The van der Waals surface area contributed by atoms with E-state index in [0.29, 0.717) is 60.3 Å². The van der Waals surface area contributed by atoms with Gasteiger partial charge in [-0.05, 0) is 98.3 Å². The molecule has 222 valence electrons. The Morgan fingerprint density at radius 1 is 1.00 bits per heavy atom. The van der Waals surface area contributed by atoms with Crippen LogP contribution in [0.3, 0.4) is 0 Å². The van der Waals surface area contributed by atoms with Crippen molar-refractivity contribution in [3.05, 3.63) is 62.9 Å². The van der Waals surface area contributed by atoms with Gasteiger partial charge in [-0.25, -0.2) is 18.0 Å².